The van der Waals surface area contributed by atoms with Crippen molar-refractivity contribution in [3.05, 3.63) is 59.4 Å². The van der Waals surface area contributed by atoms with Crippen molar-refractivity contribution in [2.45, 2.75) is 13.5 Å². The van der Waals surface area contributed by atoms with Crippen molar-refractivity contribution in [1.29, 1.82) is 0 Å². The molecule has 0 atom stereocenters. The molecule has 0 aromatic heterocycles. The van der Waals surface area contributed by atoms with E-state index in [4.69, 9.17) is 27.4 Å². The Hall–Kier alpha value is -2.14. The Bertz CT molecular complexity index is 629. The van der Waals surface area contributed by atoms with Crippen molar-refractivity contribution in [3.63, 3.8) is 0 Å². The maximum atomic E-state index is 13.5. The molecular weight excluding hydrogens is 289 g/mol. The molecule has 0 saturated carbocycles. The van der Waals surface area contributed by atoms with Gasteiger partial charge in [-0.3, -0.25) is 0 Å². The molecule has 0 radical (unpaired) electrons. The molecule has 110 valence electrons. The summed E-state index contributed by atoms with van der Waals surface area (Å²) >= 11 is 4.81. The zero-order valence-corrected chi connectivity index (χ0v) is 12.5. The predicted molar refractivity (Wildman–Crippen MR) is 84.2 cm³/mol. The monoisotopic (exact) mass is 305 g/mol. The van der Waals surface area contributed by atoms with Gasteiger partial charge in [0.25, 0.3) is 0 Å². The van der Waals surface area contributed by atoms with Crippen molar-refractivity contribution < 1.29 is 13.9 Å². The molecule has 21 heavy (non-hydrogen) atoms. The van der Waals surface area contributed by atoms with Crippen LogP contribution in [0.4, 0.5) is 4.39 Å². The van der Waals surface area contributed by atoms with Crippen molar-refractivity contribution in [3.8, 4) is 11.5 Å². The molecule has 0 heterocycles. The van der Waals surface area contributed by atoms with Crippen LogP contribution in [0.25, 0.3) is 0 Å². The van der Waals surface area contributed by atoms with Crippen LogP contribution in [0.5, 0.6) is 11.5 Å². The highest BCUT2D eigenvalue weighted by Crippen LogP contribution is 2.19. The van der Waals surface area contributed by atoms with Crippen LogP contribution in [0.15, 0.2) is 42.5 Å². The number of nitrogens with two attached hydrogens (primary N) is 1. The van der Waals surface area contributed by atoms with Gasteiger partial charge in [-0.2, -0.15) is 0 Å². The summed E-state index contributed by atoms with van der Waals surface area (Å²) in [6, 6.07) is 11.9. The summed E-state index contributed by atoms with van der Waals surface area (Å²) in [6.07, 6.45) is 0. The molecule has 0 spiro atoms. The number of hydrogen-bond acceptors (Lipinski definition) is 3. The minimum absolute atomic E-state index is 0.0374. The zero-order chi connectivity index (χ0) is 15.2. The van der Waals surface area contributed by atoms with Crippen LogP contribution < -0.4 is 15.2 Å². The quantitative estimate of drug-likeness (QED) is 0.830. The van der Waals surface area contributed by atoms with E-state index in [0.717, 1.165) is 11.3 Å². The summed E-state index contributed by atoms with van der Waals surface area (Å²) in [5.41, 5.74) is 6.51. The molecule has 0 fully saturated rings. The summed E-state index contributed by atoms with van der Waals surface area (Å²) in [4.78, 5) is 0.0374. The van der Waals surface area contributed by atoms with Gasteiger partial charge >= 0.3 is 0 Å². The summed E-state index contributed by atoms with van der Waals surface area (Å²) in [7, 11) is 0. The van der Waals surface area contributed by atoms with E-state index >= 15 is 0 Å². The van der Waals surface area contributed by atoms with Crippen LogP contribution in [-0.4, -0.2) is 11.6 Å². The number of benzene rings is 2. The van der Waals surface area contributed by atoms with Crippen molar-refractivity contribution in [2.75, 3.05) is 6.61 Å². The first-order valence-corrected chi connectivity index (χ1v) is 6.95. The molecule has 0 saturated heterocycles. The molecule has 5 heteroatoms. The molecular formula is C16H16FNO2S. The van der Waals surface area contributed by atoms with Crippen LogP contribution >= 0.6 is 12.2 Å². The molecule has 2 aromatic rings. The van der Waals surface area contributed by atoms with Gasteiger partial charge in [0, 0.05) is 5.56 Å². The fraction of sp³-hybridized carbons (Fsp3) is 0.188. The van der Waals surface area contributed by atoms with Gasteiger partial charge < -0.3 is 15.2 Å². The highest BCUT2D eigenvalue weighted by atomic mass is 32.1. The third-order valence-corrected chi connectivity index (χ3v) is 3.06. The Morgan fingerprint density at radius 1 is 1.10 bits per heavy atom. The van der Waals surface area contributed by atoms with E-state index in [9.17, 15) is 4.39 Å². The maximum Gasteiger partial charge on any atom is 0.133 e. The largest absolute Gasteiger partial charge is 0.494 e. The molecule has 0 aliphatic rings. The van der Waals surface area contributed by atoms with Gasteiger partial charge in [-0.15, -0.1) is 0 Å². The fourth-order valence-corrected chi connectivity index (χ4v) is 1.97. The van der Waals surface area contributed by atoms with Crippen LogP contribution in [0.2, 0.25) is 0 Å². The maximum absolute atomic E-state index is 13.5. The molecule has 2 rings (SSSR count). The lowest BCUT2D eigenvalue weighted by Gasteiger charge is -2.09. The van der Waals surface area contributed by atoms with E-state index in [1.54, 1.807) is 12.1 Å². The van der Waals surface area contributed by atoms with E-state index in [0.29, 0.717) is 19.0 Å². The second kappa shape index (κ2) is 7.04. The summed E-state index contributed by atoms with van der Waals surface area (Å²) in [6.45, 7) is 2.86. The van der Waals surface area contributed by atoms with Crippen LogP contribution in [-0.2, 0) is 6.61 Å². The first-order chi connectivity index (χ1) is 10.1. The predicted octanol–water partition coefficient (Wildman–Crippen LogP) is 3.44. The molecule has 0 unspecified atom stereocenters. The van der Waals surface area contributed by atoms with E-state index in [-0.39, 0.29) is 10.6 Å². The molecule has 0 bridgehead atoms. The SMILES string of the molecule is CCOc1ccc(OCc2ccc(F)c(C(N)=S)c2)cc1. The van der Waals surface area contributed by atoms with Gasteiger partial charge in [0.15, 0.2) is 0 Å². The van der Waals surface area contributed by atoms with E-state index in [2.05, 4.69) is 0 Å². The smallest absolute Gasteiger partial charge is 0.133 e. The number of hydrogen-bond donors (Lipinski definition) is 1. The van der Waals surface area contributed by atoms with Crippen LogP contribution in [0.3, 0.4) is 0 Å². The average Bonchev–Trinajstić information content (AvgIpc) is 2.48. The van der Waals surface area contributed by atoms with Crippen LogP contribution in [0.1, 0.15) is 18.1 Å². The number of halogens is 1. The van der Waals surface area contributed by atoms with Gasteiger partial charge in [-0.05, 0) is 48.9 Å². The lowest BCUT2D eigenvalue weighted by Crippen LogP contribution is -2.12. The Morgan fingerprint density at radius 2 is 1.71 bits per heavy atom. The molecule has 0 aliphatic carbocycles. The summed E-state index contributed by atoms with van der Waals surface area (Å²) in [5, 5.41) is 0. The second-order valence-electron chi connectivity index (χ2n) is 4.37. The second-order valence-corrected chi connectivity index (χ2v) is 4.81. The standard InChI is InChI=1S/C16H16FNO2S/c1-2-19-12-4-6-13(7-5-12)20-10-11-3-8-15(17)14(9-11)16(18)21/h3-9H,2,10H2,1H3,(H2,18,21). The number of thiocarbonyl (C=S) groups is 1. The van der Waals surface area contributed by atoms with Crippen LogP contribution in [0, 0.1) is 5.82 Å². The highest BCUT2D eigenvalue weighted by molar-refractivity contribution is 7.80. The Balaban J connectivity index is 2.02. The van der Waals surface area contributed by atoms with Crippen molar-refractivity contribution in [1.82, 2.24) is 0 Å². The molecule has 2 N–H and O–H groups in total. The third-order valence-electron chi connectivity index (χ3n) is 2.84. The Labute approximate surface area is 128 Å². The van der Waals surface area contributed by atoms with Gasteiger partial charge in [0.2, 0.25) is 0 Å². The normalized spacial score (nSPS) is 10.2. The third kappa shape index (κ3) is 4.16. The van der Waals surface area contributed by atoms with E-state index < -0.39 is 5.82 Å². The van der Waals surface area contributed by atoms with Crippen molar-refractivity contribution in [2.24, 2.45) is 5.73 Å². The van der Waals surface area contributed by atoms with Gasteiger partial charge in [-0.25, -0.2) is 4.39 Å². The minimum Gasteiger partial charge on any atom is -0.494 e. The fourth-order valence-electron chi connectivity index (χ4n) is 1.82. The lowest BCUT2D eigenvalue weighted by atomic mass is 10.1. The number of ether oxygens (including phenoxy) is 2. The van der Waals surface area contributed by atoms with Gasteiger partial charge in [-0.1, -0.05) is 18.3 Å². The van der Waals surface area contributed by atoms with Crippen molar-refractivity contribution >= 4 is 17.2 Å². The minimum atomic E-state index is -0.424. The van der Waals surface area contributed by atoms with E-state index in [1.165, 1.54) is 6.07 Å². The van der Waals surface area contributed by atoms with Gasteiger partial charge in [0.1, 0.15) is 28.9 Å². The number of rotatable bonds is 6. The average molecular weight is 305 g/mol. The summed E-state index contributed by atoms with van der Waals surface area (Å²) < 4.78 is 24.5. The topological polar surface area (TPSA) is 44.5 Å². The molecule has 0 amide bonds. The van der Waals surface area contributed by atoms with E-state index in [1.807, 2.05) is 31.2 Å². The molecule has 3 nitrogen and oxygen atoms in total. The molecule has 2 aromatic carbocycles. The first-order valence-electron chi connectivity index (χ1n) is 6.54. The Kier molecular flexibility index (Phi) is 5.11. The zero-order valence-electron chi connectivity index (χ0n) is 11.6. The highest BCUT2D eigenvalue weighted by Gasteiger charge is 2.06. The Morgan fingerprint density at radius 3 is 2.29 bits per heavy atom. The molecule has 0 aliphatic heterocycles. The summed E-state index contributed by atoms with van der Waals surface area (Å²) in [5.74, 6) is 1.08. The lowest BCUT2D eigenvalue weighted by molar-refractivity contribution is 0.304. The first kappa shape index (κ1) is 15.3. The van der Waals surface area contributed by atoms with Gasteiger partial charge in [0.05, 0.1) is 6.61 Å².